The molecule has 2 heterocycles. The van der Waals surface area contributed by atoms with Crippen molar-refractivity contribution in [2.45, 2.75) is 13.8 Å². The lowest BCUT2D eigenvalue weighted by Gasteiger charge is -2.14. The van der Waals surface area contributed by atoms with Crippen molar-refractivity contribution in [2.24, 2.45) is 5.10 Å². The van der Waals surface area contributed by atoms with Crippen LogP contribution in [-0.4, -0.2) is 16.5 Å². The molecule has 0 unspecified atom stereocenters. The number of nitro groups is 1. The van der Waals surface area contributed by atoms with Crippen LogP contribution in [0.5, 0.6) is 0 Å². The summed E-state index contributed by atoms with van der Waals surface area (Å²) >= 11 is 6.35. The first-order valence-electron chi connectivity index (χ1n) is 9.06. The summed E-state index contributed by atoms with van der Waals surface area (Å²) in [4.78, 5) is 23.3. The highest BCUT2D eigenvalue weighted by Gasteiger charge is 2.30. The van der Waals surface area contributed by atoms with Crippen LogP contribution in [0.4, 0.5) is 11.4 Å². The highest BCUT2D eigenvalue weighted by atomic mass is 35.5. The molecule has 0 fully saturated rings. The zero-order chi connectivity index (χ0) is 21.4. The number of hydrogen-bond donors (Lipinski definition) is 0. The fourth-order valence-corrected chi connectivity index (χ4v) is 3.32. The number of anilines is 1. The zero-order valence-electron chi connectivity index (χ0n) is 16.1. The third kappa shape index (κ3) is 3.51. The quantitative estimate of drug-likeness (QED) is 0.310. The normalized spacial score (nSPS) is 15.0. The highest BCUT2D eigenvalue weighted by molar-refractivity contribution is 6.37. The van der Waals surface area contributed by atoms with Crippen LogP contribution in [0.1, 0.15) is 18.2 Å². The van der Waals surface area contributed by atoms with Gasteiger partial charge in [0.2, 0.25) is 0 Å². The van der Waals surface area contributed by atoms with Gasteiger partial charge >= 0.3 is 0 Å². The molecule has 0 saturated heterocycles. The molecule has 1 aromatic heterocycles. The number of non-ortho nitro benzene ring substituents is 1. The van der Waals surface area contributed by atoms with Crippen molar-refractivity contribution in [3.63, 3.8) is 0 Å². The molecule has 0 spiro atoms. The summed E-state index contributed by atoms with van der Waals surface area (Å²) in [5.74, 6) is 0.710. The van der Waals surface area contributed by atoms with Gasteiger partial charge in [0.1, 0.15) is 11.5 Å². The molecule has 4 rings (SSSR count). The van der Waals surface area contributed by atoms with Gasteiger partial charge in [0.05, 0.1) is 26.9 Å². The van der Waals surface area contributed by atoms with Crippen molar-refractivity contribution in [3.8, 4) is 11.3 Å². The monoisotopic (exact) mass is 421 g/mol. The van der Waals surface area contributed by atoms with Gasteiger partial charge in [-0.25, -0.2) is 0 Å². The van der Waals surface area contributed by atoms with Crippen LogP contribution in [0.2, 0.25) is 5.02 Å². The van der Waals surface area contributed by atoms with Crippen molar-refractivity contribution in [3.05, 3.63) is 86.6 Å². The second-order valence-corrected chi connectivity index (χ2v) is 7.15. The van der Waals surface area contributed by atoms with E-state index in [0.29, 0.717) is 39.1 Å². The number of carbonyl (C=O) groups is 1. The van der Waals surface area contributed by atoms with Crippen LogP contribution < -0.4 is 5.01 Å². The van der Waals surface area contributed by atoms with E-state index < -0.39 is 4.92 Å². The number of amides is 1. The SMILES string of the molecule is CC1=NN(c2cccc(C)c2Cl)C(=O)/C1=C/c1ccc(-c2ccc([N+](=O)[O-])cc2)o1. The Hall–Kier alpha value is -3.71. The Morgan fingerprint density at radius 3 is 2.53 bits per heavy atom. The van der Waals surface area contributed by atoms with E-state index >= 15 is 0 Å². The molecule has 1 aliphatic heterocycles. The number of aryl methyl sites for hydroxylation is 1. The Morgan fingerprint density at radius 1 is 1.10 bits per heavy atom. The number of furan rings is 1. The van der Waals surface area contributed by atoms with E-state index in [1.807, 2.05) is 19.1 Å². The molecule has 0 aliphatic carbocycles. The summed E-state index contributed by atoms with van der Waals surface area (Å²) < 4.78 is 5.81. The van der Waals surface area contributed by atoms with Gasteiger partial charge in [0.15, 0.2) is 0 Å². The molecule has 0 saturated carbocycles. The molecule has 2 aromatic carbocycles. The average Bonchev–Trinajstić information content (AvgIpc) is 3.30. The number of nitro benzene ring substituents is 1. The number of hydrogen-bond acceptors (Lipinski definition) is 5. The van der Waals surface area contributed by atoms with Gasteiger partial charge in [-0.15, -0.1) is 0 Å². The number of hydrazone groups is 1. The fourth-order valence-electron chi connectivity index (χ4n) is 3.12. The number of rotatable bonds is 4. The molecular weight excluding hydrogens is 406 g/mol. The predicted molar refractivity (Wildman–Crippen MR) is 116 cm³/mol. The smallest absolute Gasteiger partial charge is 0.280 e. The van der Waals surface area contributed by atoms with Crippen LogP contribution >= 0.6 is 11.6 Å². The Kier molecular flexibility index (Phi) is 4.97. The summed E-state index contributed by atoms with van der Waals surface area (Å²) in [6.07, 6.45) is 1.62. The van der Waals surface area contributed by atoms with Gasteiger partial charge in [-0.2, -0.15) is 10.1 Å². The molecule has 0 atom stereocenters. The van der Waals surface area contributed by atoms with E-state index in [2.05, 4.69) is 5.10 Å². The van der Waals surface area contributed by atoms with Crippen molar-refractivity contribution >= 4 is 40.7 Å². The lowest BCUT2D eigenvalue weighted by molar-refractivity contribution is -0.384. The van der Waals surface area contributed by atoms with Crippen molar-refractivity contribution in [2.75, 3.05) is 5.01 Å². The second kappa shape index (κ2) is 7.61. The van der Waals surface area contributed by atoms with Crippen LogP contribution in [-0.2, 0) is 4.79 Å². The molecule has 150 valence electrons. The Labute approximate surface area is 177 Å². The summed E-state index contributed by atoms with van der Waals surface area (Å²) in [6.45, 7) is 3.61. The molecule has 8 heteroatoms. The molecule has 1 aliphatic rings. The lowest BCUT2D eigenvalue weighted by Crippen LogP contribution is -2.21. The lowest BCUT2D eigenvalue weighted by atomic mass is 10.1. The maximum Gasteiger partial charge on any atom is 0.280 e. The third-order valence-corrected chi connectivity index (χ3v) is 5.23. The van der Waals surface area contributed by atoms with Gasteiger partial charge in [-0.3, -0.25) is 14.9 Å². The van der Waals surface area contributed by atoms with Gasteiger partial charge in [0, 0.05) is 17.7 Å². The largest absolute Gasteiger partial charge is 0.457 e. The van der Waals surface area contributed by atoms with Crippen LogP contribution in [0.25, 0.3) is 17.4 Å². The first kappa shape index (κ1) is 19.6. The topological polar surface area (TPSA) is 89.0 Å². The van der Waals surface area contributed by atoms with E-state index in [9.17, 15) is 14.9 Å². The van der Waals surface area contributed by atoms with Crippen LogP contribution in [0, 0.1) is 17.0 Å². The first-order valence-corrected chi connectivity index (χ1v) is 9.44. The molecule has 0 radical (unpaired) electrons. The summed E-state index contributed by atoms with van der Waals surface area (Å²) in [6, 6.07) is 15.0. The minimum absolute atomic E-state index is 0.00550. The number of benzene rings is 2. The Morgan fingerprint density at radius 2 is 1.83 bits per heavy atom. The van der Waals surface area contributed by atoms with Gasteiger partial charge in [0.25, 0.3) is 11.6 Å². The molecular formula is C22H16ClN3O4. The van der Waals surface area contributed by atoms with Gasteiger partial charge in [-0.1, -0.05) is 23.7 Å². The van der Waals surface area contributed by atoms with Crippen molar-refractivity contribution in [1.29, 1.82) is 0 Å². The molecule has 7 nitrogen and oxygen atoms in total. The maximum absolute atomic E-state index is 12.9. The third-order valence-electron chi connectivity index (χ3n) is 4.74. The Bertz CT molecular complexity index is 1230. The van der Waals surface area contributed by atoms with E-state index in [1.54, 1.807) is 43.3 Å². The fraction of sp³-hybridized carbons (Fsp3) is 0.0909. The van der Waals surface area contributed by atoms with E-state index in [1.165, 1.54) is 17.1 Å². The van der Waals surface area contributed by atoms with Gasteiger partial charge < -0.3 is 4.42 Å². The highest BCUT2D eigenvalue weighted by Crippen LogP contribution is 2.33. The molecule has 1 amide bonds. The second-order valence-electron chi connectivity index (χ2n) is 6.77. The molecule has 30 heavy (non-hydrogen) atoms. The minimum Gasteiger partial charge on any atom is -0.457 e. The molecule has 0 N–H and O–H groups in total. The summed E-state index contributed by atoms with van der Waals surface area (Å²) in [5.41, 5.74) is 3.02. The minimum atomic E-state index is -0.457. The van der Waals surface area contributed by atoms with E-state index in [0.717, 1.165) is 5.56 Å². The number of nitrogens with zero attached hydrogens (tertiary/aromatic N) is 3. The first-order chi connectivity index (χ1) is 14.3. The van der Waals surface area contributed by atoms with E-state index in [-0.39, 0.29) is 11.6 Å². The maximum atomic E-state index is 12.9. The van der Waals surface area contributed by atoms with Crippen LogP contribution in [0.3, 0.4) is 0 Å². The van der Waals surface area contributed by atoms with Crippen molar-refractivity contribution in [1.82, 2.24) is 0 Å². The van der Waals surface area contributed by atoms with E-state index in [4.69, 9.17) is 16.0 Å². The average molecular weight is 422 g/mol. The number of carbonyl (C=O) groups excluding carboxylic acids is 1. The van der Waals surface area contributed by atoms with Gasteiger partial charge in [-0.05, 0) is 55.8 Å². The van der Waals surface area contributed by atoms with Crippen LogP contribution in [0.15, 0.2) is 69.7 Å². The molecule has 0 bridgehead atoms. The summed E-state index contributed by atoms with van der Waals surface area (Å²) in [7, 11) is 0. The zero-order valence-corrected chi connectivity index (χ0v) is 16.9. The number of halogens is 1. The Balaban J connectivity index is 1.61. The standard InChI is InChI=1S/C22H16ClN3O4/c1-13-4-3-5-19(21(13)23)25-22(27)18(14(2)24-25)12-17-10-11-20(30-17)15-6-8-16(9-7-15)26(28)29/h3-12H,1-2H3/b18-12+. The predicted octanol–water partition coefficient (Wildman–Crippen LogP) is 5.62. The van der Waals surface area contributed by atoms with Crippen molar-refractivity contribution < 1.29 is 14.1 Å². The summed E-state index contributed by atoms with van der Waals surface area (Å²) in [5, 5.41) is 16.9. The molecule has 3 aromatic rings.